The van der Waals surface area contributed by atoms with Crippen molar-refractivity contribution < 1.29 is 9.53 Å². The molecule has 0 unspecified atom stereocenters. The normalized spacial score (nSPS) is 10.9. The SMILES string of the molecule is CCOC(=O)c1cnccn1.C[C@H](N)c1ccccc1. The van der Waals surface area contributed by atoms with Crippen LogP contribution >= 0.6 is 0 Å². The van der Waals surface area contributed by atoms with Gasteiger partial charge in [0.15, 0.2) is 5.69 Å². The highest BCUT2D eigenvalue weighted by atomic mass is 16.5. The van der Waals surface area contributed by atoms with Crippen molar-refractivity contribution in [1.29, 1.82) is 0 Å². The van der Waals surface area contributed by atoms with E-state index in [1.165, 1.54) is 24.2 Å². The van der Waals surface area contributed by atoms with Crippen molar-refractivity contribution in [2.24, 2.45) is 5.73 Å². The fourth-order valence-electron chi connectivity index (χ4n) is 1.37. The Kier molecular flexibility index (Phi) is 6.92. The second-order valence-electron chi connectivity index (χ2n) is 4.01. The molecule has 2 rings (SSSR count). The van der Waals surface area contributed by atoms with Crippen LogP contribution in [-0.4, -0.2) is 22.5 Å². The van der Waals surface area contributed by atoms with Crippen LogP contribution in [0, 0.1) is 0 Å². The Labute approximate surface area is 118 Å². The summed E-state index contributed by atoms with van der Waals surface area (Å²) in [5.74, 6) is -0.430. The van der Waals surface area contributed by atoms with Gasteiger partial charge in [-0.05, 0) is 19.4 Å². The molecule has 1 heterocycles. The van der Waals surface area contributed by atoms with Gasteiger partial charge in [0.05, 0.1) is 12.8 Å². The highest BCUT2D eigenvalue weighted by Crippen LogP contribution is 2.06. The zero-order valence-corrected chi connectivity index (χ0v) is 11.7. The Morgan fingerprint density at radius 3 is 2.45 bits per heavy atom. The number of carbonyl (C=O) groups is 1. The Hall–Kier alpha value is -2.27. The fraction of sp³-hybridized carbons (Fsp3) is 0.267. The molecule has 0 spiro atoms. The largest absolute Gasteiger partial charge is 0.461 e. The van der Waals surface area contributed by atoms with E-state index < -0.39 is 5.97 Å². The molecule has 1 aromatic carbocycles. The lowest BCUT2D eigenvalue weighted by Gasteiger charge is -2.02. The van der Waals surface area contributed by atoms with Gasteiger partial charge in [-0.3, -0.25) is 4.98 Å². The molecule has 106 valence electrons. The molecule has 0 aliphatic carbocycles. The van der Waals surface area contributed by atoms with E-state index in [0.29, 0.717) is 6.61 Å². The van der Waals surface area contributed by atoms with Gasteiger partial charge < -0.3 is 10.5 Å². The summed E-state index contributed by atoms with van der Waals surface area (Å²) in [6.45, 7) is 4.08. The molecule has 0 saturated heterocycles. The highest BCUT2D eigenvalue weighted by molar-refractivity contribution is 5.86. The average Bonchev–Trinajstić information content (AvgIpc) is 2.50. The molecule has 1 aromatic heterocycles. The first kappa shape index (κ1) is 15.8. The van der Waals surface area contributed by atoms with E-state index in [-0.39, 0.29) is 11.7 Å². The third-order valence-corrected chi connectivity index (χ3v) is 2.37. The van der Waals surface area contributed by atoms with Gasteiger partial charge in [-0.2, -0.15) is 0 Å². The van der Waals surface area contributed by atoms with Gasteiger partial charge in [0.1, 0.15) is 0 Å². The minimum Gasteiger partial charge on any atom is -0.461 e. The van der Waals surface area contributed by atoms with E-state index in [0.717, 1.165) is 0 Å². The standard InChI is InChI=1S/C8H11N.C7H8N2O2/c1-7(9)8-5-3-2-4-6-8;1-2-11-7(10)6-5-8-3-4-9-6/h2-7H,9H2,1H3;3-5H,2H2,1H3/t7-;/m0./s1. The van der Waals surface area contributed by atoms with Crippen LogP contribution in [0.5, 0.6) is 0 Å². The van der Waals surface area contributed by atoms with Crippen LogP contribution in [0.2, 0.25) is 0 Å². The molecule has 2 aromatic rings. The van der Waals surface area contributed by atoms with Gasteiger partial charge in [-0.15, -0.1) is 0 Å². The van der Waals surface area contributed by atoms with E-state index in [9.17, 15) is 4.79 Å². The number of hydrogen-bond donors (Lipinski definition) is 1. The first-order chi connectivity index (χ1) is 9.65. The van der Waals surface area contributed by atoms with Crippen molar-refractivity contribution in [2.75, 3.05) is 6.61 Å². The number of esters is 1. The molecule has 0 aliphatic heterocycles. The second kappa shape index (κ2) is 8.77. The van der Waals surface area contributed by atoms with E-state index in [1.54, 1.807) is 6.92 Å². The van der Waals surface area contributed by atoms with E-state index in [4.69, 9.17) is 5.73 Å². The zero-order chi connectivity index (χ0) is 14.8. The Balaban J connectivity index is 0.000000204. The molecule has 1 atom stereocenters. The number of nitrogens with two attached hydrogens (primary N) is 1. The molecular weight excluding hydrogens is 254 g/mol. The van der Waals surface area contributed by atoms with Crippen LogP contribution in [0.25, 0.3) is 0 Å². The summed E-state index contributed by atoms with van der Waals surface area (Å²) in [6, 6.07) is 10.2. The average molecular weight is 273 g/mol. The predicted octanol–water partition coefficient (Wildman–Crippen LogP) is 2.36. The maximum Gasteiger partial charge on any atom is 0.358 e. The summed E-state index contributed by atoms with van der Waals surface area (Å²) < 4.78 is 4.69. The van der Waals surface area contributed by atoms with Crippen LogP contribution < -0.4 is 5.73 Å². The minimum absolute atomic E-state index is 0.159. The summed E-state index contributed by atoms with van der Waals surface area (Å²) in [4.78, 5) is 18.4. The highest BCUT2D eigenvalue weighted by Gasteiger charge is 2.05. The molecule has 0 bridgehead atoms. The molecule has 0 fully saturated rings. The summed E-state index contributed by atoms with van der Waals surface area (Å²) in [6.07, 6.45) is 4.33. The number of nitrogens with zero attached hydrogens (tertiary/aromatic N) is 2. The maximum atomic E-state index is 10.9. The second-order valence-corrected chi connectivity index (χ2v) is 4.01. The van der Waals surface area contributed by atoms with Crippen molar-refractivity contribution >= 4 is 5.97 Å². The summed E-state index contributed by atoms with van der Waals surface area (Å²) >= 11 is 0. The first-order valence-electron chi connectivity index (χ1n) is 6.38. The molecule has 20 heavy (non-hydrogen) atoms. The summed E-state index contributed by atoms with van der Waals surface area (Å²) in [5.41, 5.74) is 7.05. The van der Waals surface area contributed by atoms with Crippen molar-refractivity contribution in [3.63, 3.8) is 0 Å². The number of ether oxygens (including phenoxy) is 1. The number of hydrogen-bond acceptors (Lipinski definition) is 5. The van der Waals surface area contributed by atoms with Crippen molar-refractivity contribution in [1.82, 2.24) is 9.97 Å². The summed E-state index contributed by atoms with van der Waals surface area (Å²) in [5, 5.41) is 0. The number of rotatable bonds is 3. The molecule has 5 nitrogen and oxygen atoms in total. The molecule has 0 aliphatic rings. The lowest BCUT2D eigenvalue weighted by Crippen LogP contribution is -2.06. The number of aromatic nitrogens is 2. The minimum atomic E-state index is -0.430. The lowest BCUT2D eigenvalue weighted by atomic mass is 10.1. The quantitative estimate of drug-likeness (QED) is 0.868. The van der Waals surface area contributed by atoms with Gasteiger partial charge in [-0.1, -0.05) is 30.3 Å². The number of carbonyl (C=O) groups excluding carboxylic acids is 1. The molecule has 5 heteroatoms. The van der Waals surface area contributed by atoms with Crippen molar-refractivity contribution in [3.8, 4) is 0 Å². The van der Waals surface area contributed by atoms with Gasteiger partial charge >= 0.3 is 5.97 Å². The Morgan fingerprint density at radius 2 is 2.00 bits per heavy atom. The van der Waals surface area contributed by atoms with Crippen LogP contribution in [0.4, 0.5) is 0 Å². The topological polar surface area (TPSA) is 78.1 Å². The van der Waals surface area contributed by atoms with Gasteiger partial charge in [0.25, 0.3) is 0 Å². The molecule has 0 radical (unpaired) electrons. The molecular formula is C15H19N3O2. The lowest BCUT2D eigenvalue weighted by molar-refractivity contribution is 0.0519. The van der Waals surface area contributed by atoms with Gasteiger partial charge in [0, 0.05) is 18.4 Å². The predicted molar refractivity (Wildman–Crippen MR) is 77.0 cm³/mol. The van der Waals surface area contributed by atoms with Crippen molar-refractivity contribution in [2.45, 2.75) is 19.9 Å². The zero-order valence-electron chi connectivity index (χ0n) is 11.7. The smallest absolute Gasteiger partial charge is 0.358 e. The molecule has 0 amide bonds. The van der Waals surface area contributed by atoms with E-state index in [2.05, 4.69) is 14.7 Å². The maximum absolute atomic E-state index is 10.9. The Bertz CT molecular complexity index is 501. The molecule has 0 saturated carbocycles. The van der Waals surface area contributed by atoms with Crippen LogP contribution in [0.1, 0.15) is 35.9 Å². The monoisotopic (exact) mass is 273 g/mol. The molecule has 2 N–H and O–H groups in total. The first-order valence-corrected chi connectivity index (χ1v) is 6.38. The summed E-state index contributed by atoms with van der Waals surface area (Å²) in [7, 11) is 0. The number of benzene rings is 1. The van der Waals surface area contributed by atoms with Crippen LogP contribution in [-0.2, 0) is 4.74 Å². The van der Waals surface area contributed by atoms with Gasteiger partial charge in [-0.25, -0.2) is 9.78 Å². The Morgan fingerprint density at radius 1 is 1.30 bits per heavy atom. The van der Waals surface area contributed by atoms with Crippen LogP contribution in [0.3, 0.4) is 0 Å². The third kappa shape index (κ3) is 5.58. The third-order valence-electron chi connectivity index (χ3n) is 2.37. The van der Waals surface area contributed by atoms with E-state index >= 15 is 0 Å². The van der Waals surface area contributed by atoms with Gasteiger partial charge in [0.2, 0.25) is 0 Å². The van der Waals surface area contributed by atoms with Crippen molar-refractivity contribution in [3.05, 3.63) is 60.2 Å². The fourth-order valence-corrected chi connectivity index (χ4v) is 1.37. The van der Waals surface area contributed by atoms with E-state index in [1.807, 2.05) is 37.3 Å². The van der Waals surface area contributed by atoms with Crippen LogP contribution in [0.15, 0.2) is 48.9 Å².